The van der Waals surface area contributed by atoms with Crippen LogP contribution < -0.4 is 5.73 Å². The zero-order chi connectivity index (χ0) is 13.0. The van der Waals surface area contributed by atoms with Crippen molar-refractivity contribution in [2.24, 2.45) is 5.73 Å². The molecule has 1 heterocycles. The van der Waals surface area contributed by atoms with Gasteiger partial charge in [-0.05, 0) is 37.9 Å². The molecule has 1 aromatic carbocycles. The maximum Gasteiger partial charge on any atom is 0.242 e. The lowest BCUT2D eigenvalue weighted by Gasteiger charge is -2.43. The summed E-state index contributed by atoms with van der Waals surface area (Å²) in [5.74, 6) is -0.224. The average Bonchev–Trinajstić information content (AvgIpc) is 2.42. The highest BCUT2D eigenvalue weighted by molar-refractivity contribution is 5.86. The summed E-state index contributed by atoms with van der Waals surface area (Å²) in [6.45, 7) is 3.98. The van der Waals surface area contributed by atoms with Crippen molar-refractivity contribution in [3.05, 3.63) is 35.9 Å². The van der Waals surface area contributed by atoms with Crippen molar-refractivity contribution in [2.75, 3.05) is 13.1 Å². The van der Waals surface area contributed by atoms with Crippen LogP contribution in [-0.4, -0.2) is 23.9 Å². The average molecular weight is 246 g/mol. The topological polar surface area (TPSA) is 46.3 Å². The lowest BCUT2D eigenvalue weighted by Crippen LogP contribution is -2.56. The standard InChI is InChI=1S/C15H22N2O/c1-2-15(14(16)18,13-9-5-3-6-10-13)17-11-7-4-8-12-17/h3,5-6,9-10H,2,4,7-8,11-12H2,1H3,(H2,16,18). The van der Waals surface area contributed by atoms with E-state index in [0.29, 0.717) is 0 Å². The van der Waals surface area contributed by atoms with E-state index < -0.39 is 5.54 Å². The number of hydrogen-bond donors (Lipinski definition) is 1. The predicted octanol–water partition coefficient (Wildman–Crippen LogP) is 2.26. The van der Waals surface area contributed by atoms with Gasteiger partial charge in [-0.1, -0.05) is 43.7 Å². The van der Waals surface area contributed by atoms with E-state index in [4.69, 9.17) is 5.73 Å². The highest BCUT2D eigenvalue weighted by Gasteiger charge is 2.42. The van der Waals surface area contributed by atoms with E-state index in [1.54, 1.807) is 0 Å². The Morgan fingerprint density at radius 1 is 1.22 bits per heavy atom. The van der Waals surface area contributed by atoms with Crippen LogP contribution in [0, 0.1) is 0 Å². The smallest absolute Gasteiger partial charge is 0.242 e. The van der Waals surface area contributed by atoms with Crippen LogP contribution in [0.4, 0.5) is 0 Å². The minimum atomic E-state index is -0.623. The summed E-state index contributed by atoms with van der Waals surface area (Å²) in [5, 5.41) is 0. The largest absolute Gasteiger partial charge is 0.368 e. The Labute approximate surface area is 109 Å². The summed E-state index contributed by atoms with van der Waals surface area (Å²) in [4.78, 5) is 14.4. The Morgan fingerprint density at radius 3 is 2.33 bits per heavy atom. The van der Waals surface area contributed by atoms with Crippen LogP contribution in [-0.2, 0) is 10.3 Å². The maximum absolute atomic E-state index is 12.1. The summed E-state index contributed by atoms with van der Waals surface area (Å²) in [6.07, 6.45) is 4.29. The fourth-order valence-electron chi connectivity index (χ4n) is 3.07. The molecule has 1 fully saturated rings. The van der Waals surface area contributed by atoms with Crippen molar-refractivity contribution in [1.29, 1.82) is 0 Å². The summed E-state index contributed by atoms with van der Waals surface area (Å²) in [6, 6.07) is 9.96. The van der Waals surface area contributed by atoms with E-state index in [2.05, 4.69) is 4.90 Å². The number of hydrogen-bond acceptors (Lipinski definition) is 2. The lowest BCUT2D eigenvalue weighted by atomic mass is 9.83. The highest BCUT2D eigenvalue weighted by atomic mass is 16.1. The molecule has 3 nitrogen and oxygen atoms in total. The van der Waals surface area contributed by atoms with Gasteiger partial charge in [0.1, 0.15) is 5.54 Å². The first-order valence-corrected chi connectivity index (χ1v) is 6.82. The molecule has 1 aliphatic heterocycles. The van der Waals surface area contributed by atoms with E-state index in [1.165, 1.54) is 6.42 Å². The van der Waals surface area contributed by atoms with Crippen molar-refractivity contribution >= 4 is 5.91 Å². The number of benzene rings is 1. The third-order valence-electron chi connectivity index (χ3n) is 4.07. The van der Waals surface area contributed by atoms with Crippen molar-refractivity contribution in [2.45, 2.75) is 38.1 Å². The molecule has 1 saturated heterocycles. The van der Waals surface area contributed by atoms with Gasteiger partial charge in [0, 0.05) is 0 Å². The van der Waals surface area contributed by atoms with E-state index in [-0.39, 0.29) is 5.91 Å². The van der Waals surface area contributed by atoms with Crippen molar-refractivity contribution in [3.63, 3.8) is 0 Å². The highest BCUT2D eigenvalue weighted by Crippen LogP contribution is 2.34. The number of carbonyl (C=O) groups excluding carboxylic acids is 1. The van der Waals surface area contributed by atoms with Gasteiger partial charge in [0.05, 0.1) is 0 Å². The third kappa shape index (κ3) is 2.15. The second kappa shape index (κ2) is 5.53. The molecule has 1 atom stereocenters. The van der Waals surface area contributed by atoms with E-state index >= 15 is 0 Å². The van der Waals surface area contributed by atoms with Crippen molar-refractivity contribution in [3.8, 4) is 0 Å². The normalized spacial score (nSPS) is 20.3. The van der Waals surface area contributed by atoms with E-state index in [9.17, 15) is 4.79 Å². The molecule has 0 aromatic heterocycles. The number of piperidine rings is 1. The van der Waals surface area contributed by atoms with Crippen LogP contribution in [0.2, 0.25) is 0 Å². The monoisotopic (exact) mass is 246 g/mol. The van der Waals surface area contributed by atoms with Gasteiger partial charge in [-0.3, -0.25) is 9.69 Å². The van der Waals surface area contributed by atoms with Crippen LogP contribution in [0.25, 0.3) is 0 Å². The molecular formula is C15H22N2O. The van der Waals surface area contributed by atoms with Crippen LogP contribution in [0.1, 0.15) is 38.2 Å². The van der Waals surface area contributed by atoms with Gasteiger partial charge < -0.3 is 5.73 Å². The number of primary amides is 1. The van der Waals surface area contributed by atoms with Gasteiger partial charge in [-0.25, -0.2) is 0 Å². The van der Waals surface area contributed by atoms with Crippen LogP contribution in [0.15, 0.2) is 30.3 Å². The molecule has 2 rings (SSSR count). The number of nitrogens with zero attached hydrogens (tertiary/aromatic N) is 1. The SMILES string of the molecule is CCC(C(N)=O)(c1ccccc1)N1CCCCC1. The lowest BCUT2D eigenvalue weighted by molar-refractivity contribution is -0.132. The molecule has 1 aromatic rings. The van der Waals surface area contributed by atoms with Gasteiger partial charge >= 0.3 is 0 Å². The zero-order valence-electron chi connectivity index (χ0n) is 11.1. The Morgan fingerprint density at radius 2 is 1.83 bits per heavy atom. The molecule has 1 unspecified atom stereocenters. The van der Waals surface area contributed by atoms with Gasteiger partial charge in [0.25, 0.3) is 0 Å². The first-order valence-electron chi connectivity index (χ1n) is 6.82. The van der Waals surface area contributed by atoms with Gasteiger partial charge in [0.15, 0.2) is 0 Å². The van der Waals surface area contributed by atoms with E-state index in [0.717, 1.165) is 37.9 Å². The third-order valence-corrected chi connectivity index (χ3v) is 4.07. The fraction of sp³-hybridized carbons (Fsp3) is 0.533. The Hall–Kier alpha value is -1.35. The maximum atomic E-state index is 12.1. The minimum absolute atomic E-state index is 0.224. The van der Waals surface area contributed by atoms with Crippen LogP contribution in [0.5, 0.6) is 0 Å². The molecule has 0 saturated carbocycles. The molecule has 0 aliphatic carbocycles. The number of nitrogens with two attached hydrogens (primary N) is 1. The molecule has 0 bridgehead atoms. The second-order valence-corrected chi connectivity index (χ2v) is 4.99. The molecule has 0 radical (unpaired) electrons. The van der Waals surface area contributed by atoms with Crippen LogP contribution >= 0.6 is 0 Å². The van der Waals surface area contributed by atoms with Crippen molar-refractivity contribution < 1.29 is 4.79 Å². The number of amides is 1. The molecule has 18 heavy (non-hydrogen) atoms. The Kier molecular flexibility index (Phi) is 4.02. The zero-order valence-corrected chi connectivity index (χ0v) is 11.1. The van der Waals surface area contributed by atoms with Gasteiger partial charge in [0.2, 0.25) is 5.91 Å². The summed E-state index contributed by atoms with van der Waals surface area (Å²) in [5.41, 5.74) is 6.17. The molecular weight excluding hydrogens is 224 g/mol. The number of likely N-dealkylation sites (tertiary alicyclic amines) is 1. The summed E-state index contributed by atoms with van der Waals surface area (Å²) >= 11 is 0. The van der Waals surface area contributed by atoms with Crippen LogP contribution in [0.3, 0.4) is 0 Å². The quantitative estimate of drug-likeness (QED) is 0.885. The van der Waals surface area contributed by atoms with Gasteiger partial charge in [-0.2, -0.15) is 0 Å². The van der Waals surface area contributed by atoms with Crippen molar-refractivity contribution in [1.82, 2.24) is 4.90 Å². The molecule has 3 heteroatoms. The molecule has 1 amide bonds. The summed E-state index contributed by atoms with van der Waals surface area (Å²) < 4.78 is 0. The number of rotatable bonds is 4. The van der Waals surface area contributed by atoms with E-state index in [1.807, 2.05) is 37.3 Å². The molecule has 2 N–H and O–H groups in total. The minimum Gasteiger partial charge on any atom is -0.368 e. The Balaban J connectivity index is 2.42. The first kappa shape index (κ1) is 13.1. The predicted molar refractivity (Wildman–Crippen MR) is 73.0 cm³/mol. The molecule has 98 valence electrons. The van der Waals surface area contributed by atoms with Gasteiger partial charge in [-0.15, -0.1) is 0 Å². The first-order chi connectivity index (χ1) is 8.71. The Bertz CT molecular complexity index is 398. The molecule has 0 spiro atoms. The second-order valence-electron chi connectivity index (χ2n) is 4.99. The fourth-order valence-corrected chi connectivity index (χ4v) is 3.07. The molecule has 1 aliphatic rings. The summed E-state index contributed by atoms with van der Waals surface area (Å²) in [7, 11) is 0. The number of carbonyl (C=O) groups is 1.